The third-order valence-corrected chi connectivity index (χ3v) is 6.02. The van der Waals surface area contributed by atoms with Crippen molar-refractivity contribution in [3.63, 3.8) is 0 Å². The first-order chi connectivity index (χ1) is 15.1. The average molecular weight is 561 g/mol. The SMILES string of the molecule is CCNC(=NCc1ccc(F)c(CO)c1)N1CCN(CC(=O)N2CCCCCC2)CC1.I. The van der Waals surface area contributed by atoms with Crippen molar-refractivity contribution in [1.29, 1.82) is 0 Å². The van der Waals surface area contributed by atoms with Crippen LogP contribution in [-0.2, 0) is 17.9 Å². The third-order valence-electron chi connectivity index (χ3n) is 6.02. The van der Waals surface area contributed by atoms with Gasteiger partial charge >= 0.3 is 0 Å². The first-order valence-corrected chi connectivity index (χ1v) is 11.5. The highest BCUT2D eigenvalue weighted by Gasteiger charge is 2.23. The second-order valence-corrected chi connectivity index (χ2v) is 8.31. The fraction of sp³-hybridized carbons (Fsp3) is 0.652. The zero-order chi connectivity index (χ0) is 22.1. The van der Waals surface area contributed by atoms with Gasteiger partial charge in [0.25, 0.3) is 0 Å². The van der Waals surface area contributed by atoms with Gasteiger partial charge in [0.15, 0.2) is 5.96 Å². The molecule has 2 saturated heterocycles. The summed E-state index contributed by atoms with van der Waals surface area (Å²) < 4.78 is 13.6. The molecule has 2 aliphatic rings. The molecule has 0 radical (unpaired) electrons. The molecule has 0 aliphatic carbocycles. The molecule has 7 nitrogen and oxygen atoms in total. The maximum absolute atomic E-state index is 13.6. The molecule has 180 valence electrons. The van der Waals surface area contributed by atoms with Crippen molar-refractivity contribution in [2.24, 2.45) is 4.99 Å². The van der Waals surface area contributed by atoms with Crippen LogP contribution in [0.25, 0.3) is 0 Å². The fourth-order valence-electron chi connectivity index (χ4n) is 4.17. The van der Waals surface area contributed by atoms with E-state index < -0.39 is 5.82 Å². The van der Waals surface area contributed by atoms with Crippen LogP contribution in [0.5, 0.6) is 0 Å². The molecule has 2 N–H and O–H groups in total. The van der Waals surface area contributed by atoms with E-state index in [0.29, 0.717) is 18.7 Å². The summed E-state index contributed by atoms with van der Waals surface area (Å²) in [5, 5.41) is 12.6. The number of aliphatic hydroxyl groups is 1. The summed E-state index contributed by atoms with van der Waals surface area (Å²) in [5.74, 6) is 0.691. The standard InChI is InChI=1S/C23H36FN5O2.HI/c1-2-25-23(26-16-19-7-8-21(24)20(15-19)18-30)29-13-11-27(12-14-29)17-22(31)28-9-5-3-4-6-10-28;/h7-8,15,30H,2-6,9-14,16-18H2,1H3,(H,25,26);1H. The van der Waals surface area contributed by atoms with E-state index in [1.165, 1.54) is 18.9 Å². The Bertz CT molecular complexity index is 748. The predicted octanol–water partition coefficient (Wildman–Crippen LogP) is 2.42. The Hall–Kier alpha value is -1.46. The van der Waals surface area contributed by atoms with Gasteiger partial charge in [0.2, 0.25) is 5.91 Å². The topological polar surface area (TPSA) is 71.4 Å². The van der Waals surface area contributed by atoms with Gasteiger partial charge in [-0.15, -0.1) is 24.0 Å². The monoisotopic (exact) mass is 561 g/mol. The van der Waals surface area contributed by atoms with E-state index in [2.05, 4.69) is 15.1 Å². The van der Waals surface area contributed by atoms with Crippen molar-refractivity contribution in [3.8, 4) is 0 Å². The van der Waals surface area contributed by atoms with Crippen LogP contribution in [0.2, 0.25) is 0 Å². The Kier molecular flexibility index (Phi) is 11.7. The molecule has 0 atom stereocenters. The largest absolute Gasteiger partial charge is 0.392 e. The Morgan fingerprint density at radius 1 is 1.06 bits per heavy atom. The number of aliphatic imine (C=N–C) groups is 1. The molecule has 0 saturated carbocycles. The first kappa shape index (κ1) is 26.8. The number of hydrogen-bond donors (Lipinski definition) is 2. The number of carbonyl (C=O) groups is 1. The molecule has 0 unspecified atom stereocenters. The van der Waals surface area contributed by atoms with Gasteiger partial charge in [-0.05, 0) is 37.5 Å². The molecule has 1 aromatic carbocycles. The van der Waals surface area contributed by atoms with Gasteiger partial charge in [-0.2, -0.15) is 0 Å². The van der Waals surface area contributed by atoms with Crippen molar-refractivity contribution in [3.05, 3.63) is 35.1 Å². The minimum Gasteiger partial charge on any atom is -0.392 e. The second kappa shape index (κ2) is 13.9. The first-order valence-electron chi connectivity index (χ1n) is 11.5. The second-order valence-electron chi connectivity index (χ2n) is 8.31. The predicted molar refractivity (Wildman–Crippen MR) is 136 cm³/mol. The highest BCUT2D eigenvalue weighted by Crippen LogP contribution is 2.13. The van der Waals surface area contributed by atoms with Crippen molar-refractivity contribution in [2.75, 3.05) is 52.4 Å². The summed E-state index contributed by atoms with van der Waals surface area (Å²) in [5.41, 5.74) is 1.16. The van der Waals surface area contributed by atoms with E-state index in [0.717, 1.165) is 70.2 Å². The average Bonchev–Trinajstić information content (AvgIpc) is 3.08. The van der Waals surface area contributed by atoms with Crippen LogP contribution in [0, 0.1) is 5.82 Å². The Morgan fingerprint density at radius 2 is 1.75 bits per heavy atom. The van der Waals surface area contributed by atoms with E-state index in [9.17, 15) is 14.3 Å². The molecule has 32 heavy (non-hydrogen) atoms. The number of nitrogens with one attached hydrogen (secondary N) is 1. The lowest BCUT2D eigenvalue weighted by molar-refractivity contribution is -0.132. The van der Waals surface area contributed by atoms with E-state index in [1.54, 1.807) is 12.1 Å². The number of hydrogen-bond acceptors (Lipinski definition) is 4. The van der Waals surface area contributed by atoms with Gasteiger partial charge in [-0.1, -0.05) is 18.9 Å². The van der Waals surface area contributed by atoms with Gasteiger partial charge in [-0.25, -0.2) is 9.38 Å². The number of aliphatic hydroxyl groups excluding tert-OH is 1. The fourth-order valence-corrected chi connectivity index (χ4v) is 4.17. The van der Waals surface area contributed by atoms with E-state index in [-0.39, 0.29) is 36.5 Å². The summed E-state index contributed by atoms with van der Waals surface area (Å²) in [6, 6.07) is 4.74. The van der Waals surface area contributed by atoms with Crippen molar-refractivity contribution < 1.29 is 14.3 Å². The van der Waals surface area contributed by atoms with Gasteiger partial charge in [0.1, 0.15) is 5.82 Å². The minimum atomic E-state index is -0.395. The number of rotatable bonds is 6. The molecule has 0 spiro atoms. The van der Waals surface area contributed by atoms with Crippen LogP contribution < -0.4 is 5.32 Å². The summed E-state index contributed by atoms with van der Waals surface area (Å²) in [7, 11) is 0. The summed E-state index contributed by atoms with van der Waals surface area (Å²) in [6.07, 6.45) is 4.70. The summed E-state index contributed by atoms with van der Waals surface area (Å²) in [6.45, 7) is 8.48. The molecule has 2 heterocycles. The van der Waals surface area contributed by atoms with Crippen LogP contribution in [-0.4, -0.2) is 84.0 Å². The molecule has 2 aliphatic heterocycles. The van der Waals surface area contributed by atoms with Gasteiger partial charge in [0, 0.05) is 51.4 Å². The number of amides is 1. The van der Waals surface area contributed by atoms with Crippen molar-refractivity contribution in [1.82, 2.24) is 20.0 Å². The molecule has 2 fully saturated rings. The quantitative estimate of drug-likeness (QED) is 0.317. The Morgan fingerprint density at radius 3 is 2.38 bits per heavy atom. The molecule has 1 aromatic rings. The Labute approximate surface area is 208 Å². The van der Waals surface area contributed by atoms with E-state index in [4.69, 9.17) is 4.99 Å². The zero-order valence-corrected chi connectivity index (χ0v) is 21.4. The number of likely N-dealkylation sites (tertiary alicyclic amines) is 1. The normalized spacial score (nSPS) is 18.2. The minimum absolute atomic E-state index is 0. The number of halogens is 2. The van der Waals surface area contributed by atoms with Gasteiger partial charge in [0.05, 0.1) is 19.7 Å². The molecule has 3 rings (SSSR count). The number of piperazine rings is 1. The number of guanidine groups is 1. The number of nitrogens with zero attached hydrogens (tertiary/aromatic N) is 4. The lowest BCUT2D eigenvalue weighted by Gasteiger charge is -2.37. The molecule has 9 heteroatoms. The van der Waals surface area contributed by atoms with Crippen LogP contribution in [0.1, 0.15) is 43.7 Å². The lowest BCUT2D eigenvalue weighted by Crippen LogP contribution is -2.54. The summed E-state index contributed by atoms with van der Waals surface area (Å²) >= 11 is 0. The molecule has 1 amide bonds. The third kappa shape index (κ3) is 7.84. The maximum atomic E-state index is 13.6. The van der Waals surface area contributed by atoms with Crippen LogP contribution in [0.15, 0.2) is 23.2 Å². The highest BCUT2D eigenvalue weighted by molar-refractivity contribution is 14.0. The van der Waals surface area contributed by atoms with E-state index in [1.807, 2.05) is 11.8 Å². The van der Waals surface area contributed by atoms with Crippen molar-refractivity contribution >= 4 is 35.8 Å². The highest BCUT2D eigenvalue weighted by atomic mass is 127. The molecule has 0 bridgehead atoms. The van der Waals surface area contributed by atoms with E-state index >= 15 is 0 Å². The summed E-state index contributed by atoms with van der Waals surface area (Å²) in [4.78, 5) is 23.9. The van der Waals surface area contributed by atoms with Crippen LogP contribution in [0.4, 0.5) is 4.39 Å². The number of benzene rings is 1. The Balaban J connectivity index is 0.00000363. The van der Waals surface area contributed by atoms with Gasteiger partial charge < -0.3 is 20.2 Å². The van der Waals surface area contributed by atoms with Gasteiger partial charge in [-0.3, -0.25) is 9.69 Å². The molecular weight excluding hydrogens is 524 g/mol. The van der Waals surface area contributed by atoms with Crippen molar-refractivity contribution in [2.45, 2.75) is 45.8 Å². The molecular formula is C23H37FIN5O2. The smallest absolute Gasteiger partial charge is 0.236 e. The lowest BCUT2D eigenvalue weighted by atomic mass is 10.1. The van der Waals surface area contributed by atoms with Crippen LogP contribution >= 0.6 is 24.0 Å². The van der Waals surface area contributed by atoms with Crippen LogP contribution in [0.3, 0.4) is 0 Å². The molecule has 0 aromatic heterocycles. The zero-order valence-electron chi connectivity index (χ0n) is 19.1. The maximum Gasteiger partial charge on any atom is 0.236 e. The number of carbonyl (C=O) groups excluding carboxylic acids is 1.